The Morgan fingerprint density at radius 2 is 1.48 bits per heavy atom. The molecule has 0 amide bonds. The van der Waals surface area contributed by atoms with Gasteiger partial charge in [-0.3, -0.25) is 4.98 Å². The van der Waals surface area contributed by atoms with Crippen LogP contribution in [-0.2, 0) is 0 Å². The van der Waals surface area contributed by atoms with Gasteiger partial charge >= 0.3 is 0 Å². The molecule has 3 heteroatoms. The highest BCUT2D eigenvalue weighted by Crippen LogP contribution is 2.22. The third-order valence-corrected chi connectivity index (χ3v) is 3.54. The number of rotatable bonds is 4. The van der Waals surface area contributed by atoms with Crippen LogP contribution in [0.25, 0.3) is 0 Å². The first-order chi connectivity index (χ1) is 11.2. The molecule has 0 N–H and O–H groups in total. The Balaban J connectivity index is 2.10. The summed E-state index contributed by atoms with van der Waals surface area (Å²) in [7, 11) is 0. The number of pyridine rings is 1. The van der Waals surface area contributed by atoms with Gasteiger partial charge in [-0.05, 0) is 13.0 Å². The van der Waals surface area contributed by atoms with Crippen LogP contribution >= 0.6 is 0 Å². The van der Waals surface area contributed by atoms with E-state index in [9.17, 15) is 4.39 Å². The van der Waals surface area contributed by atoms with Crippen LogP contribution in [0.3, 0.4) is 0 Å². The van der Waals surface area contributed by atoms with E-state index in [1.54, 1.807) is 12.3 Å². The van der Waals surface area contributed by atoms with Gasteiger partial charge in [0.2, 0.25) is 0 Å². The topological polar surface area (TPSA) is 25.2 Å². The average Bonchev–Trinajstić information content (AvgIpc) is 2.61. The molecule has 1 heterocycles. The Bertz CT molecular complexity index is 755. The van der Waals surface area contributed by atoms with Gasteiger partial charge in [-0.15, -0.1) is 0 Å². The Kier molecular flexibility index (Phi) is 4.57. The highest BCUT2D eigenvalue weighted by Gasteiger charge is 2.08. The van der Waals surface area contributed by atoms with Gasteiger partial charge < -0.3 is 0 Å². The van der Waals surface area contributed by atoms with E-state index in [0.29, 0.717) is 11.3 Å². The maximum Gasteiger partial charge on any atom is 0.124 e. The lowest BCUT2D eigenvalue weighted by Crippen LogP contribution is -2.02. The van der Waals surface area contributed by atoms with Crippen LogP contribution in [0.15, 0.2) is 84.1 Å². The van der Waals surface area contributed by atoms with Gasteiger partial charge in [-0.2, -0.15) is 0 Å². The monoisotopic (exact) mass is 304 g/mol. The largest absolute Gasteiger partial charge is 0.262 e. The molecule has 1 atom stereocenters. The summed E-state index contributed by atoms with van der Waals surface area (Å²) in [5.41, 5.74) is 4.05. The van der Waals surface area contributed by atoms with Gasteiger partial charge in [-0.25, -0.2) is 9.38 Å². The summed E-state index contributed by atoms with van der Waals surface area (Å²) in [5.74, 6) is 0. The van der Waals surface area contributed by atoms with Gasteiger partial charge in [0.25, 0.3) is 0 Å². The fourth-order valence-electron chi connectivity index (χ4n) is 2.34. The Morgan fingerprint density at radius 3 is 2.00 bits per heavy atom. The van der Waals surface area contributed by atoms with Crippen molar-refractivity contribution in [2.24, 2.45) is 4.99 Å². The quantitative estimate of drug-likeness (QED) is 0.602. The number of aliphatic imine (C=N–C) groups is 1. The third kappa shape index (κ3) is 3.69. The molecule has 2 aromatic carbocycles. The van der Waals surface area contributed by atoms with Crippen LogP contribution in [0.4, 0.5) is 10.1 Å². The lowest BCUT2D eigenvalue weighted by molar-refractivity contribution is 0.373. The zero-order chi connectivity index (χ0) is 16.1. The van der Waals surface area contributed by atoms with E-state index < -0.39 is 6.17 Å². The molecular weight excluding hydrogens is 287 g/mol. The zero-order valence-corrected chi connectivity index (χ0v) is 12.9. The molecule has 114 valence electrons. The van der Waals surface area contributed by atoms with Crippen LogP contribution in [-0.4, -0.2) is 10.7 Å². The van der Waals surface area contributed by atoms with Gasteiger partial charge in [0.05, 0.1) is 17.6 Å². The molecule has 0 spiro atoms. The van der Waals surface area contributed by atoms with Crippen LogP contribution in [0.1, 0.15) is 29.8 Å². The maximum atomic E-state index is 13.5. The van der Waals surface area contributed by atoms with Gasteiger partial charge in [0, 0.05) is 22.9 Å². The summed E-state index contributed by atoms with van der Waals surface area (Å²) < 4.78 is 13.5. The Morgan fingerprint density at radius 1 is 0.913 bits per heavy atom. The average molecular weight is 304 g/mol. The standard InChI is InChI=1S/C20H17FN2/c1-15(21)18-12-19(14-22-13-18)23-20(16-8-4-2-5-9-16)17-10-6-3-7-11-17/h2-15H,1H3. The lowest BCUT2D eigenvalue weighted by atomic mass is 10.0. The van der Waals surface area contributed by atoms with Crippen LogP contribution in [0, 0.1) is 0 Å². The highest BCUT2D eigenvalue weighted by atomic mass is 19.1. The van der Waals surface area contributed by atoms with Crippen LogP contribution in [0.5, 0.6) is 0 Å². The van der Waals surface area contributed by atoms with Crippen molar-refractivity contribution in [2.45, 2.75) is 13.1 Å². The van der Waals surface area contributed by atoms with E-state index in [2.05, 4.69) is 4.98 Å². The lowest BCUT2D eigenvalue weighted by Gasteiger charge is -2.08. The number of alkyl halides is 1. The Hall–Kier alpha value is -2.81. The van der Waals surface area contributed by atoms with Gasteiger partial charge in [0.15, 0.2) is 0 Å². The van der Waals surface area contributed by atoms with Crippen molar-refractivity contribution in [1.82, 2.24) is 4.98 Å². The van der Waals surface area contributed by atoms with Crippen molar-refractivity contribution in [2.75, 3.05) is 0 Å². The minimum Gasteiger partial charge on any atom is -0.262 e. The van der Waals surface area contributed by atoms with E-state index in [0.717, 1.165) is 16.8 Å². The zero-order valence-electron chi connectivity index (χ0n) is 12.9. The first-order valence-corrected chi connectivity index (χ1v) is 7.52. The second-order valence-electron chi connectivity index (χ2n) is 5.28. The summed E-state index contributed by atoms with van der Waals surface area (Å²) in [6, 6.07) is 21.7. The number of aromatic nitrogens is 1. The predicted octanol–water partition coefficient (Wildman–Crippen LogP) is 5.28. The van der Waals surface area contributed by atoms with Crippen molar-refractivity contribution in [3.8, 4) is 0 Å². The fourth-order valence-corrected chi connectivity index (χ4v) is 2.34. The van der Waals surface area contributed by atoms with E-state index in [1.807, 2.05) is 60.7 Å². The molecule has 0 aliphatic carbocycles. The molecule has 0 aliphatic rings. The minimum absolute atomic E-state index is 0.534. The maximum absolute atomic E-state index is 13.5. The molecule has 0 saturated carbocycles. The molecule has 0 aliphatic heterocycles. The first kappa shape index (κ1) is 15.1. The Labute approximate surface area is 135 Å². The highest BCUT2D eigenvalue weighted by molar-refractivity contribution is 6.13. The number of hydrogen-bond acceptors (Lipinski definition) is 2. The summed E-state index contributed by atoms with van der Waals surface area (Å²) in [6.45, 7) is 1.50. The first-order valence-electron chi connectivity index (χ1n) is 7.52. The molecule has 1 unspecified atom stereocenters. The summed E-state index contributed by atoms with van der Waals surface area (Å²) in [4.78, 5) is 8.83. The van der Waals surface area contributed by atoms with Crippen molar-refractivity contribution >= 4 is 11.4 Å². The molecule has 0 fully saturated rings. The van der Waals surface area contributed by atoms with Crippen LogP contribution < -0.4 is 0 Å². The van der Waals surface area contributed by atoms with Gasteiger partial charge in [0.1, 0.15) is 6.17 Å². The molecule has 2 nitrogen and oxygen atoms in total. The minimum atomic E-state index is -1.06. The number of benzene rings is 2. The summed E-state index contributed by atoms with van der Waals surface area (Å²) >= 11 is 0. The summed E-state index contributed by atoms with van der Waals surface area (Å²) in [6.07, 6.45) is 2.13. The third-order valence-electron chi connectivity index (χ3n) is 3.54. The number of hydrogen-bond donors (Lipinski definition) is 0. The molecular formula is C20H17FN2. The number of nitrogens with zero attached hydrogens (tertiary/aromatic N) is 2. The SMILES string of the molecule is CC(F)c1cncc(N=C(c2ccccc2)c2ccccc2)c1. The smallest absolute Gasteiger partial charge is 0.124 e. The van der Waals surface area contributed by atoms with Crippen molar-refractivity contribution in [3.05, 3.63) is 95.8 Å². The van der Waals surface area contributed by atoms with E-state index in [4.69, 9.17) is 4.99 Å². The fraction of sp³-hybridized carbons (Fsp3) is 0.100. The molecule has 1 aromatic heterocycles. The van der Waals surface area contributed by atoms with Crippen molar-refractivity contribution < 1.29 is 4.39 Å². The number of halogens is 1. The second kappa shape index (κ2) is 6.97. The summed E-state index contributed by atoms with van der Waals surface area (Å²) in [5, 5.41) is 0. The van der Waals surface area contributed by atoms with Crippen molar-refractivity contribution in [1.29, 1.82) is 0 Å². The van der Waals surface area contributed by atoms with Crippen LogP contribution in [0.2, 0.25) is 0 Å². The second-order valence-corrected chi connectivity index (χ2v) is 5.28. The molecule has 0 radical (unpaired) electrons. The molecule has 0 bridgehead atoms. The van der Waals surface area contributed by atoms with Crippen molar-refractivity contribution in [3.63, 3.8) is 0 Å². The molecule has 3 rings (SSSR count). The van der Waals surface area contributed by atoms with Gasteiger partial charge in [-0.1, -0.05) is 60.7 Å². The molecule has 0 saturated heterocycles. The molecule has 23 heavy (non-hydrogen) atoms. The van der Waals surface area contributed by atoms with E-state index >= 15 is 0 Å². The van der Waals surface area contributed by atoms with E-state index in [-0.39, 0.29) is 0 Å². The molecule has 3 aromatic rings. The normalized spacial score (nSPS) is 11.7. The van der Waals surface area contributed by atoms with E-state index in [1.165, 1.54) is 13.1 Å². The predicted molar refractivity (Wildman–Crippen MR) is 91.9 cm³/mol.